The number of pyridine rings is 1. The molecule has 0 aliphatic carbocycles. The molecule has 0 spiro atoms. The maximum absolute atomic E-state index is 4.82. The second-order valence-electron chi connectivity index (χ2n) is 5.94. The zero-order valence-electron chi connectivity index (χ0n) is 12.7. The molecule has 4 heteroatoms. The van der Waals surface area contributed by atoms with Crippen LogP contribution in [0.5, 0.6) is 0 Å². The van der Waals surface area contributed by atoms with E-state index in [-0.39, 0.29) is 0 Å². The molecule has 0 saturated carbocycles. The van der Waals surface area contributed by atoms with Crippen molar-refractivity contribution in [1.29, 1.82) is 0 Å². The lowest BCUT2D eigenvalue weighted by atomic mass is 10.1. The summed E-state index contributed by atoms with van der Waals surface area (Å²) >= 11 is 2.06. The fraction of sp³-hybridized carbons (Fsp3) is 0.667. The maximum atomic E-state index is 4.82. The highest BCUT2D eigenvalue weighted by Gasteiger charge is 2.29. The van der Waals surface area contributed by atoms with Crippen LogP contribution < -0.4 is 10.2 Å². The number of thioether (sulfide) groups is 1. The maximum Gasteiger partial charge on any atom is 0.133 e. The molecular formula is C15H25N3S. The highest BCUT2D eigenvalue weighted by molar-refractivity contribution is 8.00. The lowest BCUT2D eigenvalue weighted by Gasteiger charge is -2.39. The fourth-order valence-corrected chi connectivity index (χ4v) is 3.81. The molecule has 2 rings (SSSR count). The van der Waals surface area contributed by atoms with Crippen LogP contribution in [-0.2, 0) is 6.54 Å². The Kier molecular flexibility index (Phi) is 4.41. The van der Waals surface area contributed by atoms with Crippen molar-refractivity contribution in [2.75, 3.05) is 30.8 Å². The Balaban J connectivity index is 2.37. The van der Waals surface area contributed by atoms with Gasteiger partial charge < -0.3 is 10.2 Å². The Morgan fingerprint density at radius 1 is 1.42 bits per heavy atom. The third kappa shape index (κ3) is 3.42. The van der Waals surface area contributed by atoms with Gasteiger partial charge in [0.25, 0.3) is 0 Å². The smallest absolute Gasteiger partial charge is 0.133 e. The lowest BCUT2D eigenvalue weighted by molar-refractivity contribution is 0.636. The number of anilines is 1. The second-order valence-corrected chi connectivity index (χ2v) is 7.74. The third-order valence-corrected chi connectivity index (χ3v) is 4.83. The van der Waals surface area contributed by atoms with Gasteiger partial charge in [0, 0.05) is 41.4 Å². The summed E-state index contributed by atoms with van der Waals surface area (Å²) in [7, 11) is 2.00. The van der Waals surface area contributed by atoms with Gasteiger partial charge in [-0.05, 0) is 46.4 Å². The Bertz CT molecular complexity index is 457. The van der Waals surface area contributed by atoms with E-state index >= 15 is 0 Å². The van der Waals surface area contributed by atoms with Crippen LogP contribution in [0.4, 0.5) is 5.82 Å². The van der Waals surface area contributed by atoms with Gasteiger partial charge in [0.15, 0.2) is 0 Å². The van der Waals surface area contributed by atoms with Crippen molar-refractivity contribution in [2.45, 2.75) is 39.0 Å². The molecule has 1 aromatic heterocycles. The van der Waals surface area contributed by atoms with Gasteiger partial charge in [0.05, 0.1) is 0 Å². The molecule has 106 valence electrons. The van der Waals surface area contributed by atoms with Crippen molar-refractivity contribution < 1.29 is 0 Å². The number of nitrogens with zero attached hydrogens (tertiary/aromatic N) is 2. The van der Waals surface area contributed by atoms with Gasteiger partial charge in [-0.15, -0.1) is 0 Å². The molecule has 0 atom stereocenters. The molecule has 1 aliphatic heterocycles. The summed E-state index contributed by atoms with van der Waals surface area (Å²) in [5.74, 6) is 2.36. The van der Waals surface area contributed by atoms with Crippen LogP contribution in [0.25, 0.3) is 0 Å². The van der Waals surface area contributed by atoms with Gasteiger partial charge in [-0.2, -0.15) is 11.8 Å². The topological polar surface area (TPSA) is 28.2 Å². The first kappa shape index (κ1) is 14.7. The first-order chi connectivity index (χ1) is 8.93. The van der Waals surface area contributed by atoms with E-state index in [4.69, 9.17) is 4.98 Å². The Labute approximate surface area is 121 Å². The van der Waals surface area contributed by atoms with Gasteiger partial charge in [-0.1, -0.05) is 0 Å². The van der Waals surface area contributed by atoms with E-state index in [2.05, 4.69) is 55.7 Å². The summed E-state index contributed by atoms with van der Waals surface area (Å²) in [5, 5.41) is 3.27. The first-order valence-corrected chi connectivity index (χ1v) is 7.92. The van der Waals surface area contributed by atoms with Crippen LogP contribution in [0.15, 0.2) is 6.07 Å². The number of aromatic nitrogens is 1. The fourth-order valence-electron chi connectivity index (χ4n) is 2.70. The molecular weight excluding hydrogens is 254 g/mol. The number of hydrogen-bond donors (Lipinski definition) is 1. The quantitative estimate of drug-likeness (QED) is 0.921. The minimum atomic E-state index is 0.314. The molecule has 1 aromatic rings. The van der Waals surface area contributed by atoms with E-state index < -0.39 is 0 Å². The van der Waals surface area contributed by atoms with Gasteiger partial charge in [-0.25, -0.2) is 4.98 Å². The van der Waals surface area contributed by atoms with E-state index in [9.17, 15) is 0 Å². The lowest BCUT2D eigenvalue weighted by Crippen LogP contribution is -2.44. The molecule has 1 saturated heterocycles. The standard InChI is InChI=1S/C15H25N3S/c1-11-8-12(2)17-14(13(11)9-16-5)18-6-7-19-15(3,4)10-18/h8,16H,6-7,9-10H2,1-5H3. The first-order valence-electron chi connectivity index (χ1n) is 6.93. The molecule has 1 aliphatic rings. The van der Waals surface area contributed by atoms with Gasteiger partial charge in [0.2, 0.25) is 0 Å². The summed E-state index contributed by atoms with van der Waals surface area (Å²) in [6, 6.07) is 2.18. The van der Waals surface area contributed by atoms with Gasteiger partial charge in [0.1, 0.15) is 5.82 Å². The Morgan fingerprint density at radius 3 is 2.79 bits per heavy atom. The molecule has 1 N–H and O–H groups in total. The third-order valence-electron chi connectivity index (χ3n) is 3.53. The molecule has 19 heavy (non-hydrogen) atoms. The number of nitrogens with one attached hydrogen (secondary N) is 1. The zero-order valence-corrected chi connectivity index (χ0v) is 13.5. The van der Waals surface area contributed by atoms with Crippen molar-refractivity contribution in [2.24, 2.45) is 0 Å². The summed E-state index contributed by atoms with van der Waals surface area (Å²) in [4.78, 5) is 7.28. The molecule has 0 radical (unpaired) electrons. The van der Waals surface area contributed by atoms with Crippen molar-refractivity contribution in [3.05, 3.63) is 22.9 Å². The Morgan fingerprint density at radius 2 is 2.16 bits per heavy atom. The van der Waals surface area contributed by atoms with Crippen LogP contribution >= 0.6 is 11.8 Å². The van der Waals surface area contributed by atoms with Crippen molar-refractivity contribution in [3.63, 3.8) is 0 Å². The van der Waals surface area contributed by atoms with Crippen molar-refractivity contribution in [1.82, 2.24) is 10.3 Å². The molecule has 0 aromatic carbocycles. The van der Waals surface area contributed by atoms with Crippen molar-refractivity contribution in [3.8, 4) is 0 Å². The monoisotopic (exact) mass is 279 g/mol. The van der Waals surface area contributed by atoms with Crippen LogP contribution in [0.2, 0.25) is 0 Å². The SMILES string of the molecule is CNCc1c(C)cc(C)nc1N1CCSC(C)(C)C1. The number of aryl methyl sites for hydroxylation is 2. The van der Waals surface area contributed by atoms with Crippen LogP contribution in [0.1, 0.15) is 30.7 Å². The predicted octanol–water partition coefficient (Wildman–Crippen LogP) is 2.75. The molecule has 0 bridgehead atoms. The molecule has 3 nitrogen and oxygen atoms in total. The van der Waals surface area contributed by atoms with E-state index in [0.717, 1.165) is 25.3 Å². The van der Waals surface area contributed by atoms with Gasteiger partial charge in [-0.3, -0.25) is 0 Å². The largest absolute Gasteiger partial charge is 0.354 e. The predicted molar refractivity (Wildman–Crippen MR) is 85.2 cm³/mol. The average molecular weight is 279 g/mol. The minimum absolute atomic E-state index is 0.314. The number of hydrogen-bond acceptors (Lipinski definition) is 4. The Hall–Kier alpha value is -0.740. The summed E-state index contributed by atoms with van der Waals surface area (Å²) in [6.07, 6.45) is 0. The normalized spacial score (nSPS) is 18.7. The summed E-state index contributed by atoms with van der Waals surface area (Å²) in [6.45, 7) is 12.0. The average Bonchev–Trinajstić information content (AvgIpc) is 2.31. The van der Waals surface area contributed by atoms with E-state index in [0.29, 0.717) is 4.75 Å². The van der Waals surface area contributed by atoms with E-state index in [1.54, 1.807) is 0 Å². The summed E-state index contributed by atoms with van der Waals surface area (Å²) in [5.41, 5.74) is 3.80. The van der Waals surface area contributed by atoms with E-state index in [1.807, 2.05) is 7.05 Å². The molecule has 0 unspecified atom stereocenters. The zero-order chi connectivity index (χ0) is 14.0. The minimum Gasteiger partial charge on any atom is -0.354 e. The second kappa shape index (κ2) is 5.71. The highest BCUT2D eigenvalue weighted by atomic mass is 32.2. The summed E-state index contributed by atoms with van der Waals surface area (Å²) < 4.78 is 0.314. The molecule has 0 amide bonds. The van der Waals surface area contributed by atoms with Crippen LogP contribution in [0.3, 0.4) is 0 Å². The molecule has 1 fully saturated rings. The van der Waals surface area contributed by atoms with Crippen molar-refractivity contribution >= 4 is 17.6 Å². The molecule has 2 heterocycles. The van der Waals surface area contributed by atoms with Gasteiger partial charge >= 0.3 is 0 Å². The van der Waals surface area contributed by atoms with E-state index in [1.165, 1.54) is 22.7 Å². The van der Waals surface area contributed by atoms with Crippen LogP contribution in [-0.4, -0.2) is 35.6 Å². The van der Waals surface area contributed by atoms with Crippen LogP contribution in [0, 0.1) is 13.8 Å². The highest BCUT2D eigenvalue weighted by Crippen LogP contribution is 2.33. The number of rotatable bonds is 3.